The van der Waals surface area contributed by atoms with Gasteiger partial charge >= 0.3 is 0 Å². The van der Waals surface area contributed by atoms with E-state index in [0.29, 0.717) is 5.92 Å². The van der Waals surface area contributed by atoms with Gasteiger partial charge in [-0.2, -0.15) is 0 Å². The van der Waals surface area contributed by atoms with Crippen molar-refractivity contribution in [1.82, 2.24) is 14.7 Å². The molecular formula is C12H14ClN3. The first-order chi connectivity index (χ1) is 7.77. The van der Waals surface area contributed by atoms with Crippen LogP contribution in [-0.2, 0) is 0 Å². The molecule has 1 fully saturated rings. The van der Waals surface area contributed by atoms with E-state index in [1.165, 1.54) is 5.56 Å². The maximum atomic E-state index is 6.38. The predicted molar refractivity (Wildman–Crippen MR) is 65.2 cm³/mol. The van der Waals surface area contributed by atoms with Gasteiger partial charge in [-0.25, -0.2) is 4.98 Å². The van der Waals surface area contributed by atoms with Gasteiger partial charge < -0.3 is 5.32 Å². The standard InChI is InChI=1S/C12H14ClN3/c1-8-3-2-6-16-11(13)10(15-12(8)16)9-4-5-14-7-9/h2-3,6,9,14H,4-5,7H2,1H3. The number of imidazole rings is 1. The zero-order chi connectivity index (χ0) is 11.1. The van der Waals surface area contributed by atoms with Crippen LogP contribution in [-0.4, -0.2) is 22.5 Å². The molecule has 0 saturated carbocycles. The Labute approximate surface area is 99.4 Å². The molecule has 1 aliphatic rings. The highest BCUT2D eigenvalue weighted by Crippen LogP contribution is 2.29. The lowest BCUT2D eigenvalue weighted by atomic mass is 10.1. The number of hydrogen-bond acceptors (Lipinski definition) is 2. The van der Waals surface area contributed by atoms with E-state index in [1.54, 1.807) is 0 Å². The lowest BCUT2D eigenvalue weighted by Crippen LogP contribution is -2.08. The van der Waals surface area contributed by atoms with Gasteiger partial charge in [0.15, 0.2) is 0 Å². The normalized spacial score (nSPS) is 20.8. The summed E-state index contributed by atoms with van der Waals surface area (Å²) in [4.78, 5) is 4.68. The van der Waals surface area contributed by atoms with E-state index < -0.39 is 0 Å². The molecule has 2 aromatic rings. The number of pyridine rings is 1. The van der Waals surface area contributed by atoms with Gasteiger partial charge in [0.25, 0.3) is 0 Å². The Kier molecular flexibility index (Phi) is 2.37. The zero-order valence-corrected chi connectivity index (χ0v) is 9.96. The van der Waals surface area contributed by atoms with E-state index >= 15 is 0 Å². The molecule has 4 heteroatoms. The molecule has 1 unspecified atom stereocenters. The number of fused-ring (bicyclic) bond motifs is 1. The molecule has 16 heavy (non-hydrogen) atoms. The minimum Gasteiger partial charge on any atom is -0.316 e. The van der Waals surface area contributed by atoms with Crippen LogP contribution in [0.4, 0.5) is 0 Å². The molecule has 0 aliphatic carbocycles. The summed E-state index contributed by atoms with van der Waals surface area (Å²) in [5.41, 5.74) is 3.19. The molecule has 84 valence electrons. The molecule has 0 bridgehead atoms. The number of nitrogens with one attached hydrogen (secondary N) is 1. The SMILES string of the molecule is Cc1cccn2c(Cl)c(C3CCNC3)nc12. The van der Waals surface area contributed by atoms with E-state index in [-0.39, 0.29) is 0 Å². The largest absolute Gasteiger partial charge is 0.316 e. The summed E-state index contributed by atoms with van der Waals surface area (Å²) in [5, 5.41) is 4.12. The van der Waals surface area contributed by atoms with Crippen molar-refractivity contribution in [3.05, 3.63) is 34.7 Å². The van der Waals surface area contributed by atoms with Crippen molar-refractivity contribution in [3.8, 4) is 0 Å². The number of aryl methyl sites for hydroxylation is 1. The number of nitrogens with zero attached hydrogens (tertiary/aromatic N) is 2. The Morgan fingerprint density at radius 2 is 2.44 bits per heavy atom. The van der Waals surface area contributed by atoms with Crippen molar-refractivity contribution in [3.63, 3.8) is 0 Å². The highest BCUT2D eigenvalue weighted by Gasteiger charge is 2.23. The molecular weight excluding hydrogens is 222 g/mol. The second-order valence-corrected chi connectivity index (χ2v) is 4.72. The van der Waals surface area contributed by atoms with Crippen LogP contribution < -0.4 is 5.32 Å². The first kappa shape index (κ1) is 10.1. The third-order valence-electron chi connectivity index (χ3n) is 3.26. The van der Waals surface area contributed by atoms with Gasteiger partial charge in [0, 0.05) is 18.7 Å². The highest BCUT2D eigenvalue weighted by atomic mass is 35.5. The van der Waals surface area contributed by atoms with Gasteiger partial charge in [-0.15, -0.1) is 0 Å². The zero-order valence-electron chi connectivity index (χ0n) is 9.20. The molecule has 0 spiro atoms. The van der Waals surface area contributed by atoms with Gasteiger partial charge in [-0.1, -0.05) is 17.7 Å². The second kappa shape index (κ2) is 3.75. The van der Waals surface area contributed by atoms with Crippen molar-refractivity contribution >= 4 is 17.2 Å². The summed E-state index contributed by atoms with van der Waals surface area (Å²) in [7, 11) is 0. The van der Waals surface area contributed by atoms with Gasteiger partial charge in [0.2, 0.25) is 0 Å². The minimum atomic E-state index is 0.465. The summed E-state index contributed by atoms with van der Waals surface area (Å²) in [6, 6.07) is 4.07. The number of aromatic nitrogens is 2. The molecule has 0 radical (unpaired) electrons. The minimum absolute atomic E-state index is 0.465. The van der Waals surface area contributed by atoms with Crippen LogP contribution in [0, 0.1) is 6.92 Å². The molecule has 2 aromatic heterocycles. The lowest BCUT2D eigenvalue weighted by Gasteiger charge is -2.03. The number of hydrogen-bond donors (Lipinski definition) is 1. The molecule has 1 N–H and O–H groups in total. The Hall–Kier alpha value is -1.06. The van der Waals surface area contributed by atoms with E-state index in [2.05, 4.69) is 23.3 Å². The van der Waals surface area contributed by atoms with Crippen molar-refractivity contribution in [2.75, 3.05) is 13.1 Å². The molecule has 1 atom stereocenters. The van der Waals surface area contributed by atoms with Gasteiger partial charge in [0.05, 0.1) is 5.69 Å². The third-order valence-corrected chi connectivity index (χ3v) is 3.63. The summed E-state index contributed by atoms with van der Waals surface area (Å²) in [6.45, 7) is 4.12. The van der Waals surface area contributed by atoms with Crippen molar-refractivity contribution in [2.24, 2.45) is 0 Å². The highest BCUT2D eigenvalue weighted by molar-refractivity contribution is 6.30. The van der Waals surface area contributed by atoms with E-state index in [9.17, 15) is 0 Å². The molecule has 1 saturated heterocycles. The second-order valence-electron chi connectivity index (χ2n) is 4.36. The molecule has 0 aromatic carbocycles. The smallest absolute Gasteiger partial charge is 0.141 e. The summed E-state index contributed by atoms with van der Waals surface area (Å²) in [5.74, 6) is 0.465. The fourth-order valence-electron chi connectivity index (χ4n) is 2.34. The fourth-order valence-corrected chi connectivity index (χ4v) is 2.67. The van der Waals surface area contributed by atoms with Gasteiger partial charge in [-0.3, -0.25) is 4.40 Å². The maximum Gasteiger partial charge on any atom is 0.141 e. The van der Waals surface area contributed by atoms with Crippen LogP contribution in [0.5, 0.6) is 0 Å². The molecule has 1 aliphatic heterocycles. The van der Waals surface area contributed by atoms with E-state index in [4.69, 9.17) is 11.6 Å². The molecule has 3 heterocycles. The van der Waals surface area contributed by atoms with Crippen molar-refractivity contribution in [2.45, 2.75) is 19.3 Å². The Morgan fingerprint density at radius 3 is 3.12 bits per heavy atom. The monoisotopic (exact) mass is 235 g/mol. The van der Waals surface area contributed by atoms with E-state index in [0.717, 1.165) is 36.0 Å². The average Bonchev–Trinajstić information content (AvgIpc) is 2.88. The van der Waals surface area contributed by atoms with Crippen molar-refractivity contribution < 1.29 is 0 Å². The van der Waals surface area contributed by atoms with Crippen molar-refractivity contribution in [1.29, 1.82) is 0 Å². The number of halogens is 1. The topological polar surface area (TPSA) is 29.3 Å². The quantitative estimate of drug-likeness (QED) is 0.823. The summed E-state index contributed by atoms with van der Waals surface area (Å²) >= 11 is 6.38. The van der Waals surface area contributed by atoms with E-state index in [1.807, 2.05) is 16.7 Å². The van der Waals surface area contributed by atoms with Crippen LogP contribution in [0.1, 0.15) is 23.6 Å². The Bertz CT molecular complexity index is 526. The van der Waals surface area contributed by atoms with Gasteiger partial charge in [-0.05, 0) is 31.5 Å². The van der Waals surface area contributed by atoms with Gasteiger partial charge in [0.1, 0.15) is 10.8 Å². The average molecular weight is 236 g/mol. The molecule has 3 nitrogen and oxygen atoms in total. The van der Waals surface area contributed by atoms with Crippen LogP contribution >= 0.6 is 11.6 Å². The third kappa shape index (κ3) is 1.43. The molecule has 3 rings (SSSR count). The fraction of sp³-hybridized carbons (Fsp3) is 0.417. The van der Waals surface area contributed by atoms with Crippen LogP contribution in [0.25, 0.3) is 5.65 Å². The predicted octanol–water partition coefficient (Wildman–Crippen LogP) is 2.37. The Balaban J connectivity index is 2.18. The van der Waals surface area contributed by atoms with Crippen LogP contribution in [0.2, 0.25) is 5.15 Å². The van der Waals surface area contributed by atoms with Crippen LogP contribution in [0.3, 0.4) is 0 Å². The summed E-state index contributed by atoms with van der Waals surface area (Å²) < 4.78 is 1.98. The number of rotatable bonds is 1. The first-order valence-electron chi connectivity index (χ1n) is 5.61. The first-order valence-corrected chi connectivity index (χ1v) is 5.99. The Morgan fingerprint density at radius 1 is 1.56 bits per heavy atom. The van der Waals surface area contributed by atoms with Crippen LogP contribution in [0.15, 0.2) is 18.3 Å². The molecule has 0 amide bonds. The maximum absolute atomic E-state index is 6.38. The lowest BCUT2D eigenvalue weighted by molar-refractivity contribution is 0.742. The summed E-state index contributed by atoms with van der Waals surface area (Å²) in [6.07, 6.45) is 3.10.